The van der Waals surface area contributed by atoms with Crippen molar-refractivity contribution in [3.05, 3.63) is 35.0 Å². The van der Waals surface area contributed by atoms with Crippen LogP contribution in [0.1, 0.15) is 42.7 Å². The standard InChI is InChI=1S/C15H13F3N2O/c16-8-4-7-11(5-9(8)17)19-15-12-2-1-3-13(21)20(12)6-10(18)14(7)15/h4-5,10,12,19H,1-3,6H2/t10-,12-/m0/s1. The number of halogens is 3. The van der Waals surface area contributed by atoms with Crippen molar-refractivity contribution in [2.24, 2.45) is 0 Å². The monoisotopic (exact) mass is 294 g/mol. The summed E-state index contributed by atoms with van der Waals surface area (Å²) in [6, 6.07) is 1.86. The number of hydrogen-bond acceptors (Lipinski definition) is 1. The van der Waals surface area contributed by atoms with E-state index in [1.54, 1.807) is 4.90 Å². The van der Waals surface area contributed by atoms with Crippen LogP contribution in [-0.2, 0) is 4.79 Å². The molecule has 0 radical (unpaired) electrons. The second kappa shape index (κ2) is 4.26. The lowest BCUT2D eigenvalue weighted by molar-refractivity contribution is -0.138. The fourth-order valence-electron chi connectivity index (χ4n) is 3.54. The maximum Gasteiger partial charge on any atom is 0.223 e. The molecule has 4 rings (SSSR count). The van der Waals surface area contributed by atoms with E-state index in [9.17, 15) is 18.0 Å². The number of nitrogens with zero attached hydrogens (tertiary/aromatic N) is 1. The Morgan fingerprint density at radius 3 is 2.81 bits per heavy atom. The van der Waals surface area contributed by atoms with E-state index < -0.39 is 17.8 Å². The summed E-state index contributed by atoms with van der Waals surface area (Å²) in [7, 11) is 0. The average molecular weight is 294 g/mol. The number of amides is 1. The van der Waals surface area contributed by atoms with E-state index in [1.807, 2.05) is 0 Å². The van der Waals surface area contributed by atoms with Gasteiger partial charge in [0.15, 0.2) is 11.6 Å². The molecule has 1 fully saturated rings. The zero-order valence-electron chi connectivity index (χ0n) is 11.1. The highest BCUT2D eigenvalue weighted by Gasteiger charge is 2.40. The van der Waals surface area contributed by atoms with Gasteiger partial charge in [0.1, 0.15) is 6.17 Å². The number of hydrogen-bond donors (Lipinski definition) is 1. The van der Waals surface area contributed by atoms with Crippen LogP contribution >= 0.6 is 0 Å². The van der Waals surface area contributed by atoms with Gasteiger partial charge in [-0.1, -0.05) is 0 Å². The third-order valence-electron chi connectivity index (χ3n) is 4.48. The lowest BCUT2D eigenvalue weighted by Gasteiger charge is -2.40. The number of H-pyrrole nitrogens is 1. The first-order valence-corrected chi connectivity index (χ1v) is 7.00. The molecule has 6 heteroatoms. The number of alkyl halides is 1. The number of fused-ring (bicyclic) bond motifs is 5. The molecule has 2 aromatic rings. The summed E-state index contributed by atoms with van der Waals surface area (Å²) in [5.41, 5.74) is 1.34. The third kappa shape index (κ3) is 1.71. The number of carbonyl (C=O) groups is 1. The van der Waals surface area contributed by atoms with Gasteiger partial charge < -0.3 is 9.88 Å². The van der Waals surface area contributed by atoms with Crippen molar-refractivity contribution in [2.75, 3.05) is 6.54 Å². The zero-order valence-corrected chi connectivity index (χ0v) is 11.1. The molecule has 2 atom stereocenters. The smallest absolute Gasteiger partial charge is 0.223 e. The molecule has 0 saturated carbocycles. The van der Waals surface area contributed by atoms with Crippen molar-refractivity contribution in [1.82, 2.24) is 9.88 Å². The van der Waals surface area contributed by atoms with Crippen molar-refractivity contribution in [3.63, 3.8) is 0 Å². The number of rotatable bonds is 0. The Morgan fingerprint density at radius 1 is 1.24 bits per heavy atom. The van der Waals surface area contributed by atoms with Crippen LogP contribution in [0.5, 0.6) is 0 Å². The van der Waals surface area contributed by atoms with E-state index in [-0.39, 0.29) is 18.5 Å². The number of aromatic amines is 1. The predicted octanol–water partition coefficient (Wildman–Crippen LogP) is 3.52. The summed E-state index contributed by atoms with van der Waals surface area (Å²) < 4.78 is 41.3. The lowest BCUT2D eigenvalue weighted by atomic mass is 9.89. The second-order valence-corrected chi connectivity index (χ2v) is 5.69. The highest BCUT2D eigenvalue weighted by molar-refractivity contribution is 5.87. The van der Waals surface area contributed by atoms with Gasteiger partial charge in [-0.15, -0.1) is 0 Å². The maximum absolute atomic E-state index is 14.5. The molecule has 21 heavy (non-hydrogen) atoms. The van der Waals surface area contributed by atoms with Crippen LogP contribution in [0.25, 0.3) is 10.9 Å². The largest absolute Gasteiger partial charge is 0.356 e. The van der Waals surface area contributed by atoms with Crippen molar-refractivity contribution in [1.29, 1.82) is 0 Å². The summed E-state index contributed by atoms with van der Waals surface area (Å²) >= 11 is 0. The second-order valence-electron chi connectivity index (χ2n) is 5.69. The Hall–Kier alpha value is -1.98. The molecule has 0 aliphatic carbocycles. The molecular weight excluding hydrogens is 281 g/mol. The van der Waals surface area contributed by atoms with Crippen molar-refractivity contribution >= 4 is 16.8 Å². The van der Waals surface area contributed by atoms with Gasteiger partial charge in [0.05, 0.1) is 12.6 Å². The topological polar surface area (TPSA) is 36.1 Å². The minimum absolute atomic E-state index is 0.0115. The maximum atomic E-state index is 14.5. The summed E-state index contributed by atoms with van der Waals surface area (Å²) in [5.74, 6) is -2.01. The fourth-order valence-corrected chi connectivity index (χ4v) is 3.54. The molecule has 1 aromatic carbocycles. The van der Waals surface area contributed by atoms with E-state index in [0.29, 0.717) is 28.6 Å². The molecule has 1 amide bonds. The Labute approximate surface area is 118 Å². The SMILES string of the molecule is O=C1CCC[C@H]2c3[nH]c4cc(F)c(F)cc4c3[C@@H](F)CN12. The van der Waals surface area contributed by atoms with Crippen LogP contribution in [-0.4, -0.2) is 22.3 Å². The Balaban J connectivity index is 1.95. The van der Waals surface area contributed by atoms with Crippen LogP contribution in [0.15, 0.2) is 12.1 Å². The first-order valence-electron chi connectivity index (χ1n) is 7.00. The van der Waals surface area contributed by atoms with E-state index in [4.69, 9.17) is 0 Å². The number of piperidine rings is 1. The third-order valence-corrected chi connectivity index (χ3v) is 4.48. The van der Waals surface area contributed by atoms with E-state index >= 15 is 0 Å². The highest BCUT2D eigenvalue weighted by Crippen LogP contribution is 2.44. The summed E-state index contributed by atoms with van der Waals surface area (Å²) in [6.45, 7) is -0.0115. The number of nitrogens with one attached hydrogen (secondary N) is 1. The molecule has 1 aromatic heterocycles. The Morgan fingerprint density at radius 2 is 2.00 bits per heavy atom. The molecule has 1 saturated heterocycles. The molecule has 0 bridgehead atoms. The molecule has 1 N–H and O–H groups in total. The van der Waals surface area contributed by atoms with Gasteiger partial charge in [0.25, 0.3) is 0 Å². The van der Waals surface area contributed by atoms with Gasteiger partial charge in [-0.3, -0.25) is 4.79 Å². The van der Waals surface area contributed by atoms with E-state index in [1.165, 1.54) is 0 Å². The molecule has 0 spiro atoms. The molecule has 3 nitrogen and oxygen atoms in total. The number of aromatic nitrogens is 1. The fraction of sp³-hybridized carbons (Fsp3) is 0.400. The first kappa shape index (κ1) is 12.7. The molecule has 110 valence electrons. The van der Waals surface area contributed by atoms with Gasteiger partial charge in [-0.05, 0) is 18.9 Å². The van der Waals surface area contributed by atoms with Crippen LogP contribution in [0.3, 0.4) is 0 Å². The van der Waals surface area contributed by atoms with Crippen LogP contribution in [0.2, 0.25) is 0 Å². The van der Waals surface area contributed by atoms with Gasteiger partial charge in [0.2, 0.25) is 5.91 Å². The number of benzene rings is 1. The summed E-state index contributed by atoms with van der Waals surface area (Å²) in [5, 5.41) is 0.370. The molecule has 0 unspecified atom stereocenters. The lowest BCUT2D eigenvalue weighted by Crippen LogP contribution is -2.43. The van der Waals surface area contributed by atoms with Crippen molar-refractivity contribution in [2.45, 2.75) is 31.5 Å². The average Bonchev–Trinajstić information content (AvgIpc) is 2.80. The van der Waals surface area contributed by atoms with Crippen LogP contribution < -0.4 is 0 Å². The van der Waals surface area contributed by atoms with Crippen molar-refractivity contribution in [3.8, 4) is 0 Å². The molecule has 2 aliphatic rings. The van der Waals surface area contributed by atoms with Gasteiger partial charge >= 0.3 is 0 Å². The molecule has 3 heterocycles. The van der Waals surface area contributed by atoms with Crippen LogP contribution in [0.4, 0.5) is 13.2 Å². The van der Waals surface area contributed by atoms with Crippen LogP contribution in [0, 0.1) is 11.6 Å². The van der Waals surface area contributed by atoms with Gasteiger partial charge in [0, 0.05) is 34.6 Å². The minimum Gasteiger partial charge on any atom is -0.356 e. The molecule has 2 aliphatic heterocycles. The number of carbonyl (C=O) groups excluding carboxylic acids is 1. The van der Waals surface area contributed by atoms with Crippen molar-refractivity contribution < 1.29 is 18.0 Å². The Kier molecular flexibility index (Phi) is 2.58. The molecular formula is C15H13F3N2O. The van der Waals surface area contributed by atoms with Gasteiger partial charge in [-0.25, -0.2) is 13.2 Å². The van der Waals surface area contributed by atoms with Gasteiger partial charge in [-0.2, -0.15) is 0 Å². The summed E-state index contributed by atoms with van der Waals surface area (Å²) in [6.07, 6.45) is 0.539. The normalized spacial score (nSPS) is 25.1. The summed E-state index contributed by atoms with van der Waals surface area (Å²) in [4.78, 5) is 16.5. The minimum atomic E-state index is -1.38. The van der Waals surface area contributed by atoms with E-state index in [0.717, 1.165) is 25.0 Å². The zero-order chi connectivity index (χ0) is 14.7. The quantitative estimate of drug-likeness (QED) is 0.793. The predicted molar refractivity (Wildman–Crippen MR) is 70.4 cm³/mol. The Bertz CT molecular complexity index is 755. The first-order chi connectivity index (χ1) is 10.1. The van der Waals surface area contributed by atoms with E-state index in [2.05, 4.69) is 4.98 Å². The highest BCUT2D eigenvalue weighted by atomic mass is 19.2.